The van der Waals surface area contributed by atoms with E-state index in [9.17, 15) is 9.59 Å². The van der Waals surface area contributed by atoms with Gasteiger partial charge in [0.25, 0.3) is 5.91 Å². The molecule has 0 N–H and O–H groups in total. The molecule has 8 heteroatoms. The Balaban J connectivity index is 0.00000363. The molecule has 2 aromatic carbocycles. The Labute approximate surface area is 199 Å². The number of ether oxygens (including phenoxy) is 1. The van der Waals surface area contributed by atoms with E-state index < -0.39 is 5.97 Å². The molecule has 0 saturated heterocycles. The maximum absolute atomic E-state index is 13.7. The highest BCUT2D eigenvalue weighted by atomic mass is 35.5. The molecule has 0 aliphatic carbocycles. The highest BCUT2D eigenvalue weighted by Gasteiger charge is 2.26. The van der Waals surface area contributed by atoms with Gasteiger partial charge in [0.2, 0.25) is 0 Å². The van der Waals surface area contributed by atoms with E-state index in [2.05, 4.69) is 31.7 Å². The zero-order chi connectivity index (χ0) is 22.5. The molecule has 0 aliphatic heterocycles. The van der Waals surface area contributed by atoms with Crippen LogP contribution in [0, 0.1) is 13.8 Å². The van der Waals surface area contributed by atoms with Crippen molar-refractivity contribution in [2.24, 2.45) is 0 Å². The molecule has 0 spiro atoms. The number of nitrogens with zero attached hydrogens (tertiary/aromatic N) is 3. The zero-order valence-electron chi connectivity index (χ0n) is 19.2. The number of hydrogen-bond acceptors (Lipinski definition) is 6. The van der Waals surface area contributed by atoms with Crippen LogP contribution in [0.5, 0.6) is 0 Å². The normalized spacial score (nSPS) is 10.8. The molecule has 0 aliphatic rings. The molecule has 3 rings (SSSR count). The molecule has 0 radical (unpaired) electrons. The highest BCUT2D eigenvalue weighted by molar-refractivity contribution is 7.22. The SMILES string of the molecule is CCN(CC)CCN(C(=O)c1ccccc1C(=O)OC)c1nc2cc(C)cc(C)c2s1.Cl. The molecule has 0 atom stereocenters. The Morgan fingerprint density at radius 3 is 2.31 bits per heavy atom. The minimum Gasteiger partial charge on any atom is -0.465 e. The monoisotopic (exact) mass is 475 g/mol. The smallest absolute Gasteiger partial charge is 0.338 e. The van der Waals surface area contributed by atoms with Crippen molar-refractivity contribution in [1.82, 2.24) is 9.88 Å². The second-order valence-electron chi connectivity index (χ2n) is 7.45. The number of methoxy groups -OCH3 is 1. The summed E-state index contributed by atoms with van der Waals surface area (Å²) in [5, 5.41) is 0.639. The second kappa shape index (κ2) is 11.4. The number of aryl methyl sites for hydroxylation is 2. The van der Waals surface area contributed by atoms with Crippen molar-refractivity contribution in [1.29, 1.82) is 0 Å². The number of rotatable bonds is 8. The van der Waals surface area contributed by atoms with Gasteiger partial charge in [0.15, 0.2) is 5.13 Å². The van der Waals surface area contributed by atoms with Crippen molar-refractivity contribution < 1.29 is 14.3 Å². The van der Waals surface area contributed by atoms with Crippen LogP contribution < -0.4 is 4.90 Å². The number of anilines is 1. The van der Waals surface area contributed by atoms with Crippen LogP contribution in [0.4, 0.5) is 5.13 Å². The molecule has 32 heavy (non-hydrogen) atoms. The van der Waals surface area contributed by atoms with Gasteiger partial charge in [0.1, 0.15) is 0 Å². The van der Waals surface area contributed by atoms with Gasteiger partial charge in [-0.25, -0.2) is 9.78 Å². The van der Waals surface area contributed by atoms with Crippen molar-refractivity contribution in [3.8, 4) is 0 Å². The number of fused-ring (bicyclic) bond motifs is 1. The first-order chi connectivity index (χ1) is 14.9. The Hall–Kier alpha value is -2.48. The standard InChI is InChI=1S/C24H29N3O3S.ClH/c1-6-26(7-2)12-13-27(22(28)18-10-8-9-11-19(18)23(29)30-5)24-25-20-15-16(3)14-17(4)21(20)31-24;/h8-11,14-15H,6-7,12-13H2,1-5H3;1H. The Bertz CT molecular complexity index is 1100. The molecule has 0 unspecified atom stereocenters. The predicted molar refractivity (Wildman–Crippen MR) is 134 cm³/mol. The summed E-state index contributed by atoms with van der Waals surface area (Å²) in [5.74, 6) is -0.773. The van der Waals surface area contributed by atoms with Crippen molar-refractivity contribution in [3.63, 3.8) is 0 Å². The van der Waals surface area contributed by atoms with Crippen molar-refractivity contribution >= 4 is 51.0 Å². The lowest BCUT2D eigenvalue weighted by Crippen LogP contribution is -2.39. The van der Waals surface area contributed by atoms with E-state index in [1.807, 2.05) is 13.0 Å². The summed E-state index contributed by atoms with van der Waals surface area (Å²) < 4.78 is 5.96. The van der Waals surface area contributed by atoms with Gasteiger partial charge in [-0.1, -0.05) is 43.4 Å². The number of thiazole rings is 1. The van der Waals surface area contributed by atoms with Crippen LogP contribution in [0.2, 0.25) is 0 Å². The van der Waals surface area contributed by atoms with E-state index in [1.54, 1.807) is 29.2 Å². The maximum atomic E-state index is 13.7. The van der Waals surface area contributed by atoms with Crippen molar-refractivity contribution in [3.05, 3.63) is 58.7 Å². The molecular weight excluding hydrogens is 446 g/mol. The molecule has 6 nitrogen and oxygen atoms in total. The van der Waals surface area contributed by atoms with Crippen LogP contribution in [-0.4, -0.2) is 55.0 Å². The Morgan fingerprint density at radius 1 is 1.03 bits per heavy atom. The second-order valence-corrected chi connectivity index (χ2v) is 8.42. The van der Waals surface area contributed by atoms with Gasteiger partial charge in [-0.2, -0.15) is 0 Å². The third-order valence-corrected chi connectivity index (χ3v) is 6.61. The Morgan fingerprint density at radius 2 is 1.69 bits per heavy atom. The van der Waals surface area contributed by atoms with E-state index in [4.69, 9.17) is 9.72 Å². The molecule has 0 bridgehead atoms. The molecule has 1 amide bonds. The number of halogens is 1. The summed E-state index contributed by atoms with van der Waals surface area (Å²) in [4.78, 5) is 34.7. The summed E-state index contributed by atoms with van der Waals surface area (Å²) in [7, 11) is 1.32. The summed E-state index contributed by atoms with van der Waals surface area (Å²) in [6.07, 6.45) is 0. The number of amides is 1. The number of hydrogen-bond donors (Lipinski definition) is 0. The van der Waals surface area contributed by atoms with Crippen LogP contribution in [0.15, 0.2) is 36.4 Å². The van der Waals surface area contributed by atoms with Crippen LogP contribution in [0.3, 0.4) is 0 Å². The molecule has 1 aromatic heterocycles. The number of likely N-dealkylation sites (N-methyl/N-ethyl adjacent to an activating group) is 1. The fourth-order valence-corrected chi connectivity index (χ4v) is 4.69. The van der Waals surface area contributed by atoms with Crippen molar-refractivity contribution in [2.75, 3.05) is 38.2 Å². The van der Waals surface area contributed by atoms with E-state index in [0.29, 0.717) is 23.8 Å². The van der Waals surface area contributed by atoms with Crippen LogP contribution in [-0.2, 0) is 4.74 Å². The summed E-state index contributed by atoms with van der Waals surface area (Å²) in [6.45, 7) is 11.3. The number of carbonyl (C=O) groups excluding carboxylic acids is 2. The highest BCUT2D eigenvalue weighted by Crippen LogP contribution is 2.33. The minimum absolute atomic E-state index is 0. The lowest BCUT2D eigenvalue weighted by Gasteiger charge is -2.25. The lowest BCUT2D eigenvalue weighted by atomic mass is 10.1. The molecule has 3 aromatic rings. The van der Waals surface area contributed by atoms with Gasteiger partial charge in [-0.3, -0.25) is 9.69 Å². The van der Waals surface area contributed by atoms with E-state index in [1.165, 1.54) is 18.4 Å². The zero-order valence-corrected chi connectivity index (χ0v) is 20.8. The summed E-state index contributed by atoms with van der Waals surface area (Å²) in [6, 6.07) is 10.9. The molecule has 0 fully saturated rings. The topological polar surface area (TPSA) is 62.7 Å². The van der Waals surface area contributed by atoms with Gasteiger partial charge < -0.3 is 9.64 Å². The minimum atomic E-state index is -0.525. The number of benzene rings is 2. The summed E-state index contributed by atoms with van der Waals surface area (Å²) in [5.41, 5.74) is 3.75. The summed E-state index contributed by atoms with van der Waals surface area (Å²) >= 11 is 1.51. The van der Waals surface area contributed by atoms with E-state index >= 15 is 0 Å². The van der Waals surface area contributed by atoms with Gasteiger partial charge >= 0.3 is 5.97 Å². The number of esters is 1. The third-order valence-electron chi connectivity index (χ3n) is 5.38. The fourth-order valence-electron chi connectivity index (χ4n) is 3.65. The maximum Gasteiger partial charge on any atom is 0.338 e. The van der Waals surface area contributed by atoms with E-state index in [-0.39, 0.29) is 23.9 Å². The van der Waals surface area contributed by atoms with Gasteiger partial charge in [-0.05, 0) is 56.3 Å². The number of carbonyl (C=O) groups is 2. The molecule has 1 heterocycles. The van der Waals surface area contributed by atoms with Gasteiger partial charge in [-0.15, -0.1) is 12.4 Å². The van der Waals surface area contributed by atoms with Gasteiger partial charge in [0, 0.05) is 13.1 Å². The first-order valence-electron chi connectivity index (χ1n) is 10.5. The molecule has 172 valence electrons. The first kappa shape index (κ1) is 25.8. The quantitative estimate of drug-likeness (QED) is 0.423. The predicted octanol–water partition coefficient (Wildman–Crippen LogP) is 5.11. The number of aromatic nitrogens is 1. The van der Waals surface area contributed by atoms with Crippen molar-refractivity contribution in [2.45, 2.75) is 27.7 Å². The third kappa shape index (κ3) is 5.46. The fraction of sp³-hybridized carbons (Fsp3) is 0.375. The average Bonchev–Trinajstić information content (AvgIpc) is 3.20. The molecule has 0 saturated carbocycles. The largest absolute Gasteiger partial charge is 0.465 e. The lowest BCUT2D eigenvalue weighted by molar-refractivity contribution is 0.0597. The molecular formula is C24H30ClN3O3S. The van der Waals surface area contributed by atoms with E-state index in [0.717, 1.165) is 34.4 Å². The van der Waals surface area contributed by atoms with Gasteiger partial charge in [0.05, 0.1) is 28.5 Å². The van der Waals surface area contributed by atoms with Crippen LogP contribution in [0.25, 0.3) is 10.2 Å². The van der Waals surface area contributed by atoms with Crippen LogP contribution >= 0.6 is 23.7 Å². The van der Waals surface area contributed by atoms with Crippen LogP contribution in [0.1, 0.15) is 45.7 Å². The average molecular weight is 476 g/mol. The first-order valence-corrected chi connectivity index (χ1v) is 11.3. The Kier molecular flexibility index (Phi) is 9.19.